The minimum absolute atomic E-state index is 0.0176. The summed E-state index contributed by atoms with van der Waals surface area (Å²) >= 11 is 0. The molecule has 3 amide bonds. The summed E-state index contributed by atoms with van der Waals surface area (Å²) in [7, 11) is 1.62. The molecule has 0 aliphatic carbocycles. The Kier molecular flexibility index (Phi) is 5.65. The largest absolute Gasteiger partial charge is 0.497 e. The van der Waals surface area contributed by atoms with Crippen LogP contribution < -0.4 is 20.7 Å². The Morgan fingerprint density at radius 2 is 2.03 bits per heavy atom. The summed E-state index contributed by atoms with van der Waals surface area (Å²) < 4.78 is 10.7. The van der Waals surface area contributed by atoms with Crippen LogP contribution in [0.3, 0.4) is 0 Å². The maximum Gasteiger partial charge on any atom is 0.319 e. The predicted octanol–water partition coefficient (Wildman–Crippen LogP) is 3.60. The van der Waals surface area contributed by atoms with E-state index in [2.05, 4.69) is 20.9 Å². The Balaban J connectivity index is 1.27. The second-order valence-corrected chi connectivity index (χ2v) is 6.92. The van der Waals surface area contributed by atoms with Crippen molar-refractivity contribution in [2.75, 3.05) is 24.3 Å². The molecule has 0 radical (unpaired) electrons. The molecule has 0 bridgehead atoms. The first-order valence-electron chi connectivity index (χ1n) is 9.67. The van der Waals surface area contributed by atoms with E-state index >= 15 is 0 Å². The number of carbonyl (C=O) groups excluding carboxylic acids is 2. The van der Waals surface area contributed by atoms with Crippen molar-refractivity contribution < 1.29 is 18.7 Å². The molecular weight excluding hydrogens is 384 g/mol. The molecule has 30 heavy (non-hydrogen) atoms. The predicted molar refractivity (Wildman–Crippen MR) is 113 cm³/mol. The van der Waals surface area contributed by atoms with Crippen molar-refractivity contribution in [2.24, 2.45) is 0 Å². The highest BCUT2D eigenvalue weighted by Gasteiger charge is 2.15. The summed E-state index contributed by atoms with van der Waals surface area (Å²) in [6.07, 6.45) is 3.26. The first-order chi connectivity index (χ1) is 14.6. The van der Waals surface area contributed by atoms with E-state index in [0.29, 0.717) is 37.4 Å². The molecule has 4 rings (SSSR count). The monoisotopic (exact) mass is 406 g/mol. The number of nitrogens with one attached hydrogen (secondary N) is 3. The van der Waals surface area contributed by atoms with Gasteiger partial charge >= 0.3 is 6.03 Å². The second-order valence-electron chi connectivity index (χ2n) is 6.92. The van der Waals surface area contributed by atoms with Crippen LogP contribution in [0.4, 0.5) is 16.2 Å². The zero-order valence-electron chi connectivity index (χ0n) is 16.5. The van der Waals surface area contributed by atoms with Crippen molar-refractivity contribution in [3.8, 4) is 17.2 Å². The Bertz CT molecular complexity index is 1060. The van der Waals surface area contributed by atoms with Crippen LogP contribution in [0.1, 0.15) is 17.7 Å². The van der Waals surface area contributed by atoms with E-state index in [-0.39, 0.29) is 11.9 Å². The first-order valence-corrected chi connectivity index (χ1v) is 9.67. The number of ether oxygens (including phenoxy) is 1. The van der Waals surface area contributed by atoms with Gasteiger partial charge in [0.05, 0.1) is 12.8 Å². The highest BCUT2D eigenvalue weighted by molar-refractivity contribution is 5.95. The Labute approximate surface area is 173 Å². The number of oxazole rings is 1. The van der Waals surface area contributed by atoms with Gasteiger partial charge in [0.2, 0.25) is 11.8 Å². The molecule has 0 fully saturated rings. The number of aromatic nitrogens is 1. The maximum absolute atomic E-state index is 12.2. The van der Waals surface area contributed by atoms with E-state index in [1.54, 1.807) is 25.5 Å². The third-order valence-electron chi connectivity index (χ3n) is 4.81. The molecule has 2 heterocycles. The first kappa shape index (κ1) is 19.5. The third kappa shape index (κ3) is 4.60. The fraction of sp³-hybridized carbons (Fsp3) is 0.227. The number of amides is 3. The van der Waals surface area contributed by atoms with Crippen molar-refractivity contribution >= 4 is 23.3 Å². The van der Waals surface area contributed by atoms with Gasteiger partial charge in [0, 0.05) is 36.3 Å². The lowest BCUT2D eigenvalue weighted by Gasteiger charge is -2.17. The minimum Gasteiger partial charge on any atom is -0.497 e. The highest BCUT2D eigenvalue weighted by atomic mass is 16.5. The highest BCUT2D eigenvalue weighted by Crippen LogP contribution is 2.25. The van der Waals surface area contributed by atoms with Gasteiger partial charge in [0.25, 0.3) is 0 Å². The number of anilines is 2. The van der Waals surface area contributed by atoms with Crippen LogP contribution in [-0.2, 0) is 17.6 Å². The molecule has 1 aliphatic rings. The van der Waals surface area contributed by atoms with Crippen molar-refractivity contribution in [3.63, 3.8) is 0 Å². The van der Waals surface area contributed by atoms with E-state index in [1.165, 1.54) is 0 Å². The van der Waals surface area contributed by atoms with E-state index in [1.807, 2.05) is 30.3 Å². The Hall–Kier alpha value is -3.81. The lowest BCUT2D eigenvalue weighted by atomic mass is 10.0. The van der Waals surface area contributed by atoms with Crippen LogP contribution in [0.2, 0.25) is 0 Å². The number of benzene rings is 2. The van der Waals surface area contributed by atoms with Gasteiger partial charge in [-0.25, -0.2) is 9.78 Å². The van der Waals surface area contributed by atoms with Crippen molar-refractivity contribution in [3.05, 3.63) is 60.0 Å². The fourth-order valence-corrected chi connectivity index (χ4v) is 3.23. The topological polar surface area (TPSA) is 105 Å². The summed E-state index contributed by atoms with van der Waals surface area (Å²) in [5.41, 5.74) is 4.12. The van der Waals surface area contributed by atoms with Crippen LogP contribution in [0, 0.1) is 0 Å². The lowest BCUT2D eigenvalue weighted by Crippen LogP contribution is -2.30. The summed E-state index contributed by atoms with van der Waals surface area (Å²) in [4.78, 5) is 28.0. The molecule has 0 spiro atoms. The van der Waals surface area contributed by atoms with Gasteiger partial charge in [-0.2, -0.15) is 0 Å². The van der Waals surface area contributed by atoms with Crippen molar-refractivity contribution in [1.82, 2.24) is 10.3 Å². The van der Waals surface area contributed by atoms with Crippen LogP contribution in [-0.4, -0.2) is 30.6 Å². The normalized spacial score (nSPS) is 12.6. The smallest absolute Gasteiger partial charge is 0.319 e. The van der Waals surface area contributed by atoms with Gasteiger partial charge in [-0.15, -0.1) is 0 Å². The number of hydrogen-bond donors (Lipinski definition) is 3. The zero-order valence-corrected chi connectivity index (χ0v) is 16.5. The van der Waals surface area contributed by atoms with Crippen LogP contribution in [0.5, 0.6) is 5.75 Å². The standard InChI is InChI=1S/C22H22N4O4/c1-29-18-6-2-14(3-7-18)21-24-17(13-30-21)10-11-23-22(28)25-16-5-8-19-15(12-16)4-9-20(27)26-19/h2-3,5-8,12-13H,4,9-11H2,1H3,(H,26,27)(H2,23,25,28). The number of methoxy groups -OCH3 is 1. The minimum atomic E-state index is -0.298. The zero-order chi connectivity index (χ0) is 20.9. The number of carbonyl (C=O) groups is 2. The molecular formula is C22H22N4O4. The molecule has 154 valence electrons. The van der Waals surface area contributed by atoms with Gasteiger partial charge in [0.15, 0.2) is 0 Å². The summed E-state index contributed by atoms with van der Waals surface area (Å²) in [6.45, 7) is 0.418. The van der Waals surface area contributed by atoms with Gasteiger partial charge < -0.3 is 25.1 Å². The number of urea groups is 1. The molecule has 2 aromatic carbocycles. The molecule has 8 nitrogen and oxygen atoms in total. The second kappa shape index (κ2) is 8.69. The maximum atomic E-state index is 12.2. The fourth-order valence-electron chi connectivity index (χ4n) is 3.23. The quantitative estimate of drug-likeness (QED) is 0.580. The van der Waals surface area contributed by atoms with E-state index in [0.717, 1.165) is 28.3 Å². The van der Waals surface area contributed by atoms with Crippen molar-refractivity contribution in [1.29, 1.82) is 0 Å². The molecule has 0 unspecified atom stereocenters. The average Bonchev–Trinajstić information content (AvgIpc) is 3.23. The Morgan fingerprint density at radius 3 is 2.83 bits per heavy atom. The number of rotatable bonds is 6. The lowest BCUT2D eigenvalue weighted by molar-refractivity contribution is -0.116. The number of hydrogen-bond acceptors (Lipinski definition) is 5. The summed E-state index contributed by atoms with van der Waals surface area (Å²) in [5.74, 6) is 1.31. The molecule has 0 atom stereocenters. The van der Waals surface area contributed by atoms with Gasteiger partial charge in [-0.05, 0) is 54.4 Å². The van der Waals surface area contributed by atoms with Gasteiger partial charge in [0.1, 0.15) is 12.0 Å². The molecule has 1 aromatic heterocycles. The molecule has 3 aromatic rings. The molecule has 0 saturated carbocycles. The molecule has 8 heteroatoms. The molecule has 1 aliphatic heterocycles. The average molecular weight is 406 g/mol. The Morgan fingerprint density at radius 1 is 1.20 bits per heavy atom. The molecule has 0 saturated heterocycles. The summed E-state index contributed by atoms with van der Waals surface area (Å²) in [6, 6.07) is 12.6. The summed E-state index contributed by atoms with van der Waals surface area (Å²) in [5, 5.41) is 8.45. The van der Waals surface area contributed by atoms with E-state index in [9.17, 15) is 9.59 Å². The third-order valence-corrected chi connectivity index (χ3v) is 4.81. The van der Waals surface area contributed by atoms with Crippen LogP contribution in [0.15, 0.2) is 53.1 Å². The van der Waals surface area contributed by atoms with E-state index in [4.69, 9.17) is 9.15 Å². The number of nitrogens with zero attached hydrogens (tertiary/aromatic N) is 1. The number of fused-ring (bicyclic) bond motifs is 1. The van der Waals surface area contributed by atoms with Crippen molar-refractivity contribution in [2.45, 2.75) is 19.3 Å². The van der Waals surface area contributed by atoms with Gasteiger partial charge in [-0.3, -0.25) is 4.79 Å². The van der Waals surface area contributed by atoms with E-state index < -0.39 is 0 Å². The SMILES string of the molecule is COc1ccc(-c2nc(CCNC(=O)Nc3ccc4c(c3)CCC(=O)N4)co2)cc1. The molecule has 3 N–H and O–H groups in total. The number of aryl methyl sites for hydroxylation is 1. The van der Waals surface area contributed by atoms with Crippen LogP contribution >= 0.6 is 0 Å². The van der Waals surface area contributed by atoms with Gasteiger partial charge in [-0.1, -0.05) is 0 Å². The van der Waals surface area contributed by atoms with Crippen LogP contribution in [0.25, 0.3) is 11.5 Å².